The van der Waals surface area contributed by atoms with Gasteiger partial charge >= 0.3 is 0 Å². The Morgan fingerprint density at radius 3 is 2.81 bits per heavy atom. The number of nitrogens with zero attached hydrogens (tertiary/aromatic N) is 2. The summed E-state index contributed by atoms with van der Waals surface area (Å²) in [4.78, 5) is 20.8. The maximum atomic E-state index is 12.1. The number of rotatable bonds is 6. The minimum atomic E-state index is -0.509. The van der Waals surface area contributed by atoms with Crippen LogP contribution in [0.1, 0.15) is 68.2 Å². The first-order valence-electron chi connectivity index (χ1n) is 7.85. The van der Waals surface area contributed by atoms with Gasteiger partial charge in [0.25, 0.3) is 5.91 Å². The van der Waals surface area contributed by atoms with Crippen LogP contribution in [0.4, 0.5) is 0 Å². The Labute approximate surface area is 126 Å². The maximum Gasteiger partial charge on any atom is 0.270 e. The van der Waals surface area contributed by atoms with E-state index in [1.165, 1.54) is 12.8 Å². The third-order valence-corrected chi connectivity index (χ3v) is 3.87. The van der Waals surface area contributed by atoms with Crippen molar-refractivity contribution in [2.45, 2.75) is 58.0 Å². The van der Waals surface area contributed by atoms with Crippen molar-refractivity contribution in [2.24, 2.45) is 5.92 Å². The molecule has 5 nitrogen and oxygen atoms in total. The summed E-state index contributed by atoms with van der Waals surface area (Å²) in [6.07, 6.45) is 6.47. The van der Waals surface area contributed by atoms with Crippen LogP contribution in [0.15, 0.2) is 12.3 Å². The number of carbonyl (C=O) groups excluding carboxylic acids is 1. The third-order valence-electron chi connectivity index (χ3n) is 3.87. The van der Waals surface area contributed by atoms with Crippen molar-refractivity contribution in [3.8, 4) is 0 Å². The fourth-order valence-electron chi connectivity index (χ4n) is 2.81. The average Bonchev–Trinajstić information content (AvgIpc) is 2.98. The SMILES string of the molecule is CC(C)CC(O)CNC(=O)c1ccnc(C2CCCC2)n1. The molecule has 1 atom stereocenters. The molecular formula is C16H25N3O2. The number of aliphatic hydroxyl groups excluding tert-OH is 1. The zero-order chi connectivity index (χ0) is 15.2. The minimum absolute atomic E-state index is 0.237. The number of hydrogen-bond acceptors (Lipinski definition) is 4. The van der Waals surface area contributed by atoms with Gasteiger partial charge in [0.2, 0.25) is 0 Å². The van der Waals surface area contributed by atoms with Crippen LogP contribution in [0.5, 0.6) is 0 Å². The summed E-state index contributed by atoms with van der Waals surface area (Å²) < 4.78 is 0. The van der Waals surface area contributed by atoms with Crippen molar-refractivity contribution in [1.82, 2.24) is 15.3 Å². The minimum Gasteiger partial charge on any atom is -0.391 e. The van der Waals surface area contributed by atoms with Crippen molar-refractivity contribution in [3.63, 3.8) is 0 Å². The second-order valence-corrected chi connectivity index (χ2v) is 6.27. The Kier molecular flexibility index (Phi) is 5.67. The lowest BCUT2D eigenvalue weighted by Gasteiger charge is -2.14. The van der Waals surface area contributed by atoms with Crippen LogP contribution in [0.25, 0.3) is 0 Å². The quantitative estimate of drug-likeness (QED) is 0.843. The van der Waals surface area contributed by atoms with E-state index < -0.39 is 6.10 Å². The van der Waals surface area contributed by atoms with Crippen LogP contribution in [0, 0.1) is 5.92 Å². The van der Waals surface area contributed by atoms with E-state index in [4.69, 9.17) is 0 Å². The summed E-state index contributed by atoms with van der Waals surface area (Å²) in [7, 11) is 0. The van der Waals surface area contributed by atoms with E-state index in [1.807, 2.05) is 13.8 Å². The zero-order valence-corrected chi connectivity index (χ0v) is 12.9. The molecule has 0 saturated heterocycles. The van der Waals surface area contributed by atoms with Crippen molar-refractivity contribution in [1.29, 1.82) is 0 Å². The van der Waals surface area contributed by atoms with Crippen molar-refractivity contribution in [2.75, 3.05) is 6.54 Å². The Morgan fingerprint density at radius 2 is 2.14 bits per heavy atom. The van der Waals surface area contributed by atoms with Gasteiger partial charge in [0.1, 0.15) is 11.5 Å². The van der Waals surface area contributed by atoms with Gasteiger partial charge < -0.3 is 10.4 Å². The lowest BCUT2D eigenvalue weighted by atomic mass is 10.1. The van der Waals surface area contributed by atoms with Crippen molar-refractivity contribution >= 4 is 5.91 Å². The topological polar surface area (TPSA) is 75.1 Å². The molecule has 2 N–H and O–H groups in total. The first-order chi connectivity index (χ1) is 10.1. The molecule has 0 spiro atoms. The van der Waals surface area contributed by atoms with Crippen LogP contribution in [0.3, 0.4) is 0 Å². The highest BCUT2D eigenvalue weighted by Crippen LogP contribution is 2.31. The molecule has 21 heavy (non-hydrogen) atoms. The summed E-state index contributed by atoms with van der Waals surface area (Å²) in [5.41, 5.74) is 0.392. The van der Waals surface area contributed by atoms with Gasteiger partial charge in [-0.25, -0.2) is 9.97 Å². The summed E-state index contributed by atoms with van der Waals surface area (Å²) in [6.45, 7) is 4.35. The fraction of sp³-hybridized carbons (Fsp3) is 0.688. The van der Waals surface area contributed by atoms with Crippen LogP contribution < -0.4 is 5.32 Å². The second kappa shape index (κ2) is 7.50. The average molecular weight is 291 g/mol. The zero-order valence-electron chi connectivity index (χ0n) is 12.9. The van der Waals surface area contributed by atoms with E-state index >= 15 is 0 Å². The highest BCUT2D eigenvalue weighted by atomic mass is 16.3. The molecule has 1 aromatic heterocycles. The number of aliphatic hydroxyl groups is 1. The van der Waals surface area contributed by atoms with Crippen LogP contribution in [-0.4, -0.2) is 33.6 Å². The molecule has 116 valence electrons. The van der Waals surface area contributed by atoms with Gasteiger partial charge in [0.05, 0.1) is 6.10 Å². The van der Waals surface area contributed by atoms with Gasteiger partial charge in [-0.1, -0.05) is 26.7 Å². The maximum absolute atomic E-state index is 12.1. The number of hydrogen-bond donors (Lipinski definition) is 2. The fourth-order valence-corrected chi connectivity index (χ4v) is 2.81. The molecule has 1 aliphatic carbocycles. The standard InChI is InChI=1S/C16H25N3O2/c1-11(2)9-13(20)10-18-16(21)14-7-8-17-15(19-14)12-5-3-4-6-12/h7-8,11-13,20H,3-6,9-10H2,1-2H3,(H,18,21). The summed E-state index contributed by atoms with van der Waals surface area (Å²) in [5.74, 6) is 1.34. The van der Waals surface area contributed by atoms with Gasteiger partial charge in [-0.15, -0.1) is 0 Å². The molecule has 2 rings (SSSR count). The highest BCUT2D eigenvalue weighted by Gasteiger charge is 2.21. The van der Waals surface area contributed by atoms with E-state index in [9.17, 15) is 9.90 Å². The van der Waals surface area contributed by atoms with Gasteiger partial charge in [0, 0.05) is 18.7 Å². The Balaban J connectivity index is 1.91. The molecule has 1 unspecified atom stereocenters. The Morgan fingerprint density at radius 1 is 1.43 bits per heavy atom. The largest absolute Gasteiger partial charge is 0.391 e. The van der Waals surface area contributed by atoms with E-state index in [0.29, 0.717) is 24.0 Å². The summed E-state index contributed by atoms with van der Waals surface area (Å²) in [6, 6.07) is 1.63. The molecule has 5 heteroatoms. The predicted octanol–water partition coefficient (Wildman–Crippen LogP) is 2.27. The molecule has 1 aromatic rings. The molecular weight excluding hydrogens is 266 g/mol. The van der Waals surface area contributed by atoms with E-state index in [-0.39, 0.29) is 12.5 Å². The van der Waals surface area contributed by atoms with Gasteiger partial charge in [-0.05, 0) is 31.2 Å². The molecule has 1 amide bonds. The number of amides is 1. The second-order valence-electron chi connectivity index (χ2n) is 6.27. The summed E-state index contributed by atoms with van der Waals surface area (Å²) in [5, 5.41) is 12.5. The van der Waals surface area contributed by atoms with Gasteiger partial charge in [-0.3, -0.25) is 4.79 Å². The summed E-state index contributed by atoms with van der Waals surface area (Å²) >= 11 is 0. The first kappa shape index (κ1) is 15.9. The molecule has 0 radical (unpaired) electrons. The highest BCUT2D eigenvalue weighted by molar-refractivity contribution is 5.92. The Bertz CT molecular complexity index is 470. The number of carbonyl (C=O) groups is 1. The van der Waals surface area contributed by atoms with Crippen LogP contribution >= 0.6 is 0 Å². The first-order valence-corrected chi connectivity index (χ1v) is 7.85. The monoisotopic (exact) mass is 291 g/mol. The number of aromatic nitrogens is 2. The smallest absolute Gasteiger partial charge is 0.270 e. The van der Waals surface area contributed by atoms with Gasteiger partial charge in [0.15, 0.2) is 0 Å². The molecule has 0 aromatic carbocycles. The molecule has 1 aliphatic rings. The van der Waals surface area contributed by atoms with E-state index in [0.717, 1.165) is 18.7 Å². The van der Waals surface area contributed by atoms with E-state index in [2.05, 4.69) is 15.3 Å². The number of nitrogens with one attached hydrogen (secondary N) is 1. The van der Waals surface area contributed by atoms with Crippen molar-refractivity contribution < 1.29 is 9.90 Å². The molecule has 1 saturated carbocycles. The third kappa shape index (κ3) is 4.77. The Hall–Kier alpha value is -1.49. The molecule has 1 heterocycles. The van der Waals surface area contributed by atoms with E-state index in [1.54, 1.807) is 12.3 Å². The van der Waals surface area contributed by atoms with Crippen LogP contribution in [-0.2, 0) is 0 Å². The molecule has 1 fully saturated rings. The lowest BCUT2D eigenvalue weighted by molar-refractivity contribution is 0.0895. The normalized spacial score (nSPS) is 17.1. The molecule has 0 bridgehead atoms. The van der Waals surface area contributed by atoms with Crippen molar-refractivity contribution in [3.05, 3.63) is 23.8 Å². The van der Waals surface area contributed by atoms with Crippen LogP contribution in [0.2, 0.25) is 0 Å². The predicted molar refractivity (Wildman–Crippen MR) is 81.0 cm³/mol. The lowest BCUT2D eigenvalue weighted by Crippen LogP contribution is -2.33. The molecule has 0 aliphatic heterocycles. The van der Waals surface area contributed by atoms with Gasteiger partial charge in [-0.2, -0.15) is 0 Å².